The highest BCUT2D eigenvalue weighted by molar-refractivity contribution is 7.99. The first-order valence-corrected chi connectivity index (χ1v) is 12.3. The number of hydrogen-bond donors (Lipinski definition) is 2. The van der Waals surface area contributed by atoms with E-state index in [1.807, 2.05) is 47.8 Å². The van der Waals surface area contributed by atoms with Crippen LogP contribution < -0.4 is 10.9 Å². The van der Waals surface area contributed by atoms with Crippen LogP contribution in [0, 0.1) is 0 Å². The first kappa shape index (κ1) is 20.7. The van der Waals surface area contributed by atoms with E-state index in [2.05, 4.69) is 27.3 Å². The van der Waals surface area contributed by atoms with Crippen molar-refractivity contribution in [3.8, 4) is 16.5 Å². The normalized spacial score (nSPS) is 12.7. The average Bonchev–Trinajstić information content (AvgIpc) is 3.55. The second-order valence-corrected chi connectivity index (χ2v) is 9.61. The molecule has 1 amide bonds. The Bertz CT molecular complexity index is 1340. The number of aryl methyl sites for hydroxylation is 1. The molecule has 4 aromatic rings. The van der Waals surface area contributed by atoms with Gasteiger partial charge in [0.2, 0.25) is 5.95 Å². The van der Waals surface area contributed by atoms with Crippen molar-refractivity contribution in [3.63, 3.8) is 0 Å². The fourth-order valence-corrected chi connectivity index (χ4v) is 5.31. The summed E-state index contributed by atoms with van der Waals surface area (Å²) < 4.78 is 1.52. The molecular formula is C23H21N5O2S2. The van der Waals surface area contributed by atoms with Gasteiger partial charge in [0, 0.05) is 16.5 Å². The third-order valence-electron chi connectivity index (χ3n) is 5.29. The second-order valence-electron chi connectivity index (χ2n) is 7.36. The maximum Gasteiger partial charge on any atom is 0.257 e. The number of fused-ring (bicyclic) bond motifs is 1. The second kappa shape index (κ2) is 8.76. The SMILES string of the molecule is CCSc1ccccc1C(=O)Nc1cc(-c2cccs2)nn1-c1nc2c(c(=O)[nH]1)CCC2. The molecule has 0 unspecified atom stereocenters. The molecule has 0 atom stereocenters. The molecule has 0 spiro atoms. The van der Waals surface area contributed by atoms with Crippen molar-refractivity contribution >= 4 is 34.8 Å². The highest BCUT2D eigenvalue weighted by atomic mass is 32.2. The number of rotatable bonds is 6. The van der Waals surface area contributed by atoms with Crippen LogP contribution in [0.3, 0.4) is 0 Å². The highest BCUT2D eigenvalue weighted by Crippen LogP contribution is 2.29. The summed E-state index contributed by atoms with van der Waals surface area (Å²) in [6.45, 7) is 2.05. The maximum atomic E-state index is 13.2. The summed E-state index contributed by atoms with van der Waals surface area (Å²) in [4.78, 5) is 35.2. The number of nitrogens with zero attached hydrogens (tertiary/aromatic N) is 3. The number of carbonyl (C=O) groups excluding carboxylic acids is 1. The van der Waals surface area contributed by atoms with E-state index in [0.717, 1.165) is 46.0 Å². The molecule has 0 bridgehead atoms. The molecular weight excluding hydrogens is 442 g/mol. The zero-order chi connectivity index (χ0) is 22.1. The van der Waals surface area contributed by atoms with E-state index in [4.69, 9.17) is 0 Å². The van der Waals surface area contributed by atoms with Gasteiger partial charge in [0.25, 0.3) is 11.5 Å². The lowest BCUT2D eigenvalue weighted by molar-refractivity contribution is 0.102. The predicted octanol–water partition coefficient (Wildman–Crippen LogP) is 4.54. The van der Waals surface area contributed by atoms with Gasteiger partial charge in [-0.3, -0.25) is 14.6 Å². The van der Waals surface area contributed by atoms with E-state index in [9.17, 15) is 9.59 Å². The van der Waals surface area contributed by atoms with Crippen LogP contribution in [0.4, 0.5) is 5.82 Å². The standard InChI is InChI=1S/C23H21N5O2S2/c1-2-31-18-10-4-3-7-15(18)22(30)25-20-13-17(19-11-6-12-32-19)27-28(20)23-24-16-9-5-8-14(16)21(29)26-23/h3-4,6-7,10-13H,2,5,8-9H2,1H3,(H,25,30)(H,24,26,29). The number of hydrogen-bond acceptors (Lipinski definition) is 6. The van der Waals surface area contributed by atoms with E-state index >= 15 is 0 Å². The minimum absolute atomic E-state index is 0.141. The molecule has 7 nitrogen and oxygen atoms in total. The van der Waals surface area contributed by atoms with Gasteiger partial charge >= 0.3 is 0 Å². The predicted molar refractivity (Wildman–Crippen MR) is 128 cm³/mol. The van der Waals surface area contributed by atoms with Gasteiger partial charge in [-0.2, -0.15) is 9.78 Å². The molecule has 1 aromatic carbocycles. The van der Waals surface area contributed by atoms with Crippen molar-refractivity contribution in [3.05, 3.63) is 75.0 Å². The third-order valence-corrected chi connectivity index (χ3v) is 7.13. The van der Waals surface area contributed by atoms with Crippen LogP contribution in [0.1, 0.15) is 35.0 Å². The minimum Gasteiger partial charge on any atom is -0.306 e. The quantitative estimate of drug-likeness (QED) is 0.410. The summed E-state index contributed by atoms with van der Waals surface area (Å²) in [7, 11) is 0. The van der Waals surface area contributed by atoms with Gasteiger partial charge in [0.05, 0.1) is 16.1 Å². The van der Waals surface area contributed by atoms with Crippen LogP contribution in [-0.2, 0) is 12.8 Å². The molecule has 1 aliphatic rings. The van der Waals surface area contributed by atoms with Crippen LogP contribution in [0.25, 0.3) is 16.5 Å². The molecule has 0 aliphatic heterocycles. The van der Waals surface area contributed by atoms with Gasteiger partial charge in [-0.25, -0.2) is 4.98 Å². The van der Waals surface area contributed by atoms with Crippen LogP contribution in [-0.4, -0.2) is 31.4 Å². The van der Waals surface area contributed by atoms with Crippen molar-refractivity contribution < 1.29 is 4.79 Å². The van der Waals surface area contributed by atoms with Crippen molar-refractivity contribution in [2.24, 2.45) is 0 Å². The van der Waals surface area contributed by atoms with E-state index in [1.165, 1.54) is 4.68 Å². The Labute approximate surface area is 192 Å². The number of carbonyl (C=O) groups is 1. The fourth-order valence-electron chi connectivity index (χ4n) is 3.82. The molecule has 9 heteroatoms. The Hall–Kier alpha value is -3.17. The Morgan fingerprint density at radius 3 is 2.94 bits per heavy atom. The van der Waals surface area contributed by atoms with Crippen molar-refractivity contribution in [2.45, 2.75) is 31.1 Å². The molecule has 0 saturated heterocycles. The summed E-state index contributed by atoms with van der Waals surface area (Å²) in [5.74, 6) is 1.40. The molecule has 162 valence electrons. The van der Waals surface area contributed by atoms with Crippen LogP contribution >= 0.6 is 23.1 Å². The van der Waals surface area contributed by atoms with E-state index in [1.54, 1.807) is 23.1 Å². The Morgan fingerprint density at radius 2 is 2.12 bits per heavy atom. The van der Waals surface area contributed by atoms with Crippen LogP contribution in [0.5, 0.6) is 0 Å². The van der Waals surface area contributed by atoms with Crippen molar-refractivity contribution in [1.82, 2.24) is 19.7 Å². The molecule has 3 heterocycles. The minimum atomic E-state index is -0.232. The molecule has 5 rings (SSSR count). The summed E-state index contributed by atoms with van der Waals surface area (Å²) in [6.07, 6.45) is 2.44. The van der Waals surface area contributed by atoms with E-state index in [-0.39, 0.29) is 11.5 Å². The summed E-state index contributed by atoms with van der Waals surface area (Å²) in [5, 5.41) is 9.63. The molecule has 0 radical (unpaired) electrons. The van der Waals surface area contributed by atoms with Gasteiger partial charge in [-0.05, 0) is 48.6 Å². The lowest BCUT2D eigenvalue weighted by Gasteiger charge is -2.11. The average molecular weight is 464 g/mol. The zero-order valence-corrected chi connectivity index (χ0v) is 19.1. The van der Waals surface area contributed by atoms with E-state index < -0.39 is 0 Å². The number of benzene rings is 1. The fraction of sp³-hybridized carbons (Fsp3) is 0.217. The molecule has 0 fully saturated rings. The van der Waals surface area contributed by atoms with Gasteiger partial charge in [-0.1, -0.05) is 25.1 Å². The molecule has 3 aromatic heterocycles. The maximum absolute atomic E-state index is 13.2. The lowest BCUT2D eigenvalue weighted by Crippen LogP contribution is -2.21. The van der Waals surface area contributed by atoms with Gasteiger partial charge in [-0.15, -0.1) is 23.1 Å². The first-order valence-electron chi connectivity index (χ1n) is 10.4. The van der Waals surface area contributed by atoms with Gasteiger partial charge in [0.15, 0.2) is 0 Å². The third kappa shape index (κ3) is 3.89. The molecule has 1 aliphatic carbocycles. The summed E-state index contributed by atoms with van der Waals surface area (Å²) in [5.41, 5.74) is 2.71. The zero-order valence-electron chi connectivity index (χ0n) is 17.4. The Morgan fingerprint density at radius 1 is 1.25 bits per heavy atom. The van der Waals surface area contributed by atoms with Crippen molar-refractivity contribution in [2.75, 3.05) is 11.1 Å². The highest BCUT2D eigenvalue weighted by Gasteiger charge is 2.22. The molecule has 32 heavy (non-hydrogen) atoms. The Balaban J connectivity index is 1.57. The number of H-pyrrole nitrogens is 1. The van der Waals surface area contributed by atoms with Crippen molar-refractivity contribution in [1.29, 1.82) is 0 Å². The van der Waals surface area contributed by atoms with E-state index in [0.29, 0.717) is 23.0 Å². The Kier molecular flexibility index (Phi) is 5.67. The topological polar surface area (TPSA) is 92.7 Å². The summed E-state index contributed by atoms with van der Waals surface area (Å²) in [6, 6.07) is 13.3. The first-order chi connectivity index (χ1) is 15.6. The lowest BCUT2D eigenvalue weighted by atomic mass is 10.2. The number of aromatic nitrogens is 4. The van der Waals surface area contributed by atoms with Crippen LogP contribution in [0.15, 0.2) is 57.5 Å². The monoisotopic (exact) mass is 463 g/mol. The number of thiophene rings is 1. The molecule has 2 N–H and O–H groups in total. The van der Waals surface area contributed by atoms with Crippen LogP contribution in [0.2, 0.25) is 0 Å². The molecule has 0 saturated carbocycles. The number of anilines is 1. The number of thioether (sulfide) groups is 1. The smallest absolute Gasteiger partial charge is 0.257 e. The van der Waals surface area contributed by atoms with Gasteiger partial charge < -0.3 is 5.32 Å². The summed E-state index contributed by atoms with van der Waals surface area (Å²) >= 11 is 3.18. The number of aromatic amines is 1. The number of nitrogens with one attached hydrogen (secondary N) is 2. The largest absolute Gasteiger partial charge is 0.306 e. The number of amides is 1. The van der Waals surface area contributed by atoms with Gasteiger partial charge in [0.1, 0.15) is 11.5 Å².